The Morgan fingerprint density at radius 3 is 2.12 bits per heavy atom. The van der Waals surface area contributed by atoms with Gasteiger partial charge in [-0.1, -0.05) is 6.07 Å². The van der Waals surface area contributed by atoms with Gasteiger partial charge in [-0.3, -0.25) is 14.9 Å². The second kappa shape index (κ2) is 6.82. The van der Waals surface area contributed by atoms with E-state index >= 15 is 0 Å². The van der Waals surface area contributed by atoms with E-state index in [2.05, 4.69) is 0 Å². The maximum Gasteiger partial charge on any atom is 0.270 e. The average molecular weight is 326 g/mol. The lowest BCUT2D eigenvalue weighted by Crippen LogP contribution is -2.29. The van der Waals surface area contributed by atoms with Gasteiger partial charge in [-0.25, -0.2) is 0 Å². The SMILES string of the molecule is O=C(c1cccc([N+](=O)[O-])c1)N(Cc1ccco1)Cc1ccco1. The molecule has 1 aromatic carbocycles. The van der Waals surface area contributed by atoms with Gasteiger partial charge in [0.05, 0.1) is 30.5 Å². The van der Waals surface area contributed by atoms with E-state index in [-0.39, 0.29) is 30.2 Å². The number of rotatable bonds is 6. The second-order valence-electron chi connectivity index (χ2n) is 5.13. The minimum Gasteiger partial charge on any atom is -0.467 e. The summed E-state index contributed by atoms with van der Waals surface area (Å²) in [6.45, 7) is 0.463. The lowest BCUT2D eigenvalue weighted by atomic mass is 10.1. The molecule has 7 heteroatoms. The summed E-state index contributed by atoms with van der Waals surface area (Å²) in [6, 6.07) is 12.6. The summed E-state index contributed by atoms with van der Waals surface area (Å²) < 4.78 is 10.6. The lowest BCUT2D eigenvalue weighted by Gasteiger charge is -2.20. The van der Waals surface area contributed by atoms with Crippen molar-refractivity contribution in [3.63, 3.8) is 0 Å². The van der Waals surface area contributed by atoms with Gasteiger partial charge in [0.25, 0.3) is 11.6 Å². The van der Waals surface area contributed by atoms with Crippen LogP contribution in [-0.4, -0.2) is 15.7 Å². The summed E-state index contributed by atoms with van der Waals surface area (Å²) >= 11 is 0. The second-order valence-corrected chi connectivity index (χ2v) is 5.13. The highest BCUT2D eigenvalue weighted by Gasteiger charge is 2.20. The molecule has 0 saturated carbocycles. The Balaban J connectivity index is 1.87. The van der Waals surface area contributed by atoms with Gasteiger partial charge in [0.1, 0.15) is 11.5 Å². The van der Waals surface area contributed by atoms with Gasteiger partial charge in [0.15, 0.2) is 0 Å². The normalized spacial score (nSPS) is 10.5. The molecular weight excluding hydrogens is 312 g/mol. The number of benzene rings is 1. The van der Waals surface area contributed by atoms with Gasteiger partial charge in [-0.2, -0.15) is 0 Å². The van der Waals surface area contributed by atoms with Crippen LogP contribution in [0.3, 0.4) is 0 Å². The van der Waals surface area contributed by atoms with Crippen LogP contribution >= 0.6 is 0 Å². The van der Waals surface area contributed by atoms with Crippen molar-refractivity contribution in [1.82, 2.24) is 4.90 Å². The predicted octanol–water partition coefficient (Wildman–Crippen LogP) is 3.62. The maximum atomic E-state index is 12.8. The molecule has 24 heavy (non-hydrogen) atoms. The van der Waals surface area contributed by atoms with E-state index < -0.39 is 4.92 Å². The first-order valence-electron chi connectivity index (χ1n) is 7.22. The van der Waals surface area contributed by atoms with Gasteiger partial charge in [0.2, 0.25) is 0 Å². The number of furan rings is 2. The van der Waals surface area contributed by atoms with E-state index in [9.17, 15) is 14.9 Å². The molecule has 0 aliphatic carbocycles. The van der Waals surface area contributed by atoms with Crippen molar-refractivity contribution < 1.29 is 18.6 Å². The number of non-ortho nitro benzene ring substituents is 1. The van der Waals surface area contributed by atoms with E-state index in [1.807, 2.05) is 0 Å². The highest BCUT2D eigenvalue weighted by Crippen LogP contribution is 2.18. The highest BCUT2D eigenvalue weighted by molar-refractivity contribution is 5.94. The summed E-state index contributed by atoms with van der Waals surface area (Å²) in [5.41, 5.74) is 0.110. The largest absolute Gasteiger partial charge is 0.467 e. The van der Waals surface area contributed by atoms with Crippen molar-refractivity contribution in [2.45, 2.75) is 13.1 Å². The van der Waals surface area contributed by atoms with E-state index in [4.69, 9.17) is 8.83 Å². The quantitative estimate of drug-likeness (QED) is 0.510. The molecule has 0 radical (unpaired) electrons. The third-order valence-electron chi connectivity index (χ3n) is 3.44. The number of carbonyl (C=O) groups excluding carboxylic acids is 1. The predicted molar refractivity (Wildman–Crippen MR) is 84.1 cm³/mol. The van der Waals surface area contributed by atoms with Crippen LogP contribution in [0.5, 0.6) is 0 Å². The monoisotopic (exact) mass is 326 g/mol. The number of nitro benzene ring substituents is 1. The summed E-state index contributed by atoms with van der Waals surface area (Å²) in [5, 5.41) is 10.9. The summed E-state index contributed by atoms with van der Waals surface area (Å²) in [6.07, 6.45) is 3.05. The van der Waals surface area contributed by atoms with Crippen molar-refractivity contribution >= 4 is 11.6 Å². The molecule has 0 N–H and O–H groups in total. The number of hydrogen-bond acceptors (Lipinski definition) is 5. The average Bonchev–Trinajstić information content (AvgIpc) is 3.27. The third kappa shape index (κ3) is 3.52. The Kier molecular flexibility index (Phi) is 4.42. The smallest absolute Gasteiger partial charge is 0.270 e. The standard InChI is InChI=1S/C17H14N2O5/c20-17(13-4-1-5-14(10-13)19(21)22)18(11-15-6-2-8-23-15)12-16-7-3-9-24-16/h1-10H,11-12H2. The van der Waals surface area contributed by atoms with Crippen LogP contribution in [0.2, 0.25) is 0 Å². The van der Waals surface area contributed by atoms with Gasteiger partial charge >= 0.3 is 0 Å². The first-order valence-corrected chi connectivity index (χ1v) is 7.22. The zero-order valence-electron chi connectivity index (χ0n) is 12.6. The van der Waals surface area contributed by atoms with Crippen molar-refractivity contribution in [2.75, 3.05) is 0 Å². The zero-order chi connectivity index (χ0) is 16.9. The van der Waals surface area contributed by atoms with Crippen LogP contribution < -0.4 is 0 Å². The van der Waals surface area contributed by atoms with Crippen LogP contribution in [0, 0.1) is 10.1 Å². The molecule has 3 aromatic rings. The van der Waals surface area contributed by atoms with Gasteiger partial charge in [0, 0.05) is 17.7 Å². The highest BCUT2D eigenvalue weighted by atomic mass is 16.6. The Morgan fingerprint density at radius 2 is 1.62 bits per heavy atom. The third-order valence-corrected chi connectivity index (χ3v) is 3.44. The van der Waals surface area contributed by atoms with Crippen molar-refractivity contribution in [1.29, 1.82) is 0 Å². The molecule has 2 heterocycles. The lowest BCUT2D eigenvalue weighted by molar-refractivity contribution is -0.384. The van der Waals surface area contributed by atoms with Crippen LogP contribution in [0.15, 0.2) is 69.9 Å². The molecule has 1 amide bonds. The van der Waals surface area contributed by atoms with E-state index in [1.54, 1.807) is 30.3 Å². The minimum atomic E-state index is -0.528. The molecule has 122 valence electrons. The fourth-order valence-electron chi connectivity index (χ4n) is 2.32. The molecule has 3 rings (SSSR count). The summed E-state index contributed by atoms with van der Waals surface area (Å²) in [4.78, 5) is 24.7. The van der Waals surface area contributed by atoms with Crippen LogP contribution in [0.4, 0.5) is 5.69 Å². The molecule has 2 aromatic heterocycles. The fraction of sp³-hybridized carbons (Fsp3) is 0.118. The Morgan fingerprint density at radius 1 is 1.00 bits per heavy atom. The molecule has 0 atom stereocenters. The zero-order valence-corrected chi connectivity index (χ0v) is 12.6. The Bertz CT molecular complexity index is 788. The van der Waals surface area contributed by atoms with Gasteiger partial charge in [-0.15, -0.1) is 0 Å². The molecule has 0 aliphatic rings. The Hall–Kier alpha value is -3.35. The molecular formula is C17H14N2O5. The minimum absolute atomic E-state index is 0.128. The molecule has 7 nitrogen and oxygen atoms in total. The van der Waals surface area contributed by atoms with E-state index in [0.717, 1.165) is 0 Å². The Labute approximate surface area is 137 Å². The van der Waals surface area contributed by atoms with Crippen LogP contribution in [0.25, 0.3) is 0 Å². The summed E-state index contributed by atoms with van der Waals surface area (Å²) in [7, 11) is 0. The summed E-state index contributed by atoms with van der Waals surface area (Å²) in [5.74, 6) is 0.882. The fourth-order valence-corrected chi connectivity index (χ4v) is 2.32. The van der Waals surface area contributed by atoms with Gasteiger partial charge < -0.3 is 13.7 Å². The first-order chi connectivity index (χ1) is 11.6. The van der Waals surface area contributed by atoms with E-state index in [1.165, 1.54) is 35.6 Å². The topological polar surface area (TPSA) is 89.7 Å². The number of nitro groups is 1. The molecule has 0 spiro atoms. The van der Waals surface area contributed by atoms with Gasteiger partial charge in [-0.05, 0) is 30.3 Å². The van der Waals surface area contributed by atoms with Crippen LogP contribution in [-0.2, 0) is 13.1 Å². The van der Waals surface area contributed by atoms with Crippen LogP contribution in [0.1, 0.15) is 21.9 Å². The number of carbonyl (C=O) groups is 1. The molecule has 0 unspecified atom stereocenters. The number of hydrogen-bond donors (Lipinski definition) is 0. The number of nitrogens with zero attached hydrogens (tertiary/aromatic N) is 2. The van der Waals surface area contributed by atoms with Crippen molar-refractivity contribution in [2.24, 2.45) is 0 Å². The van der Waals surface area contributed by atoms with Crippen molar-refractivity contribution in [3.8, 4) is 0 Å². The molecule has 0 aliphatic heterocycles. The van der Waals surface area contributed by atoms with E-state index in [0.29, 0.717) is 11.5 Å². The maximum absolute atomic E-state index is 12.8. The first kappa shape index (κ1) is 15.5. The molecule has 0 fully saturated rings. The molecule has 0 saturated heterocycles. The number of amides is 1. The molecule has 0 bridgehead atoms. The van der Waals surface area contributed by atoms with Crippen molar-refractivity contribution in [3.05, 3.63) is 88.3 Å².